The molecule has 110 valence electrons. The second-order valence-electron chi connectivity index (χ2n) is 5.34. The number of nitrogens with two attached hydrogens (primary N) is 1. The molecular weight excluding hydrogens is 340 g/mol. The van der Waals surface area contributed by atoms with E-state index in [9.17, 15) is 4.79 Å². The normalized spacial score (nSPS) is 17.8. The Labute approximate surface area is 133 Å². The van der Waals surface area contributed by atoms with Crippen LogP contribution in [0.25, 0.3) is 0 Å². The van der Waals surface area contributed by atoms with Crippen LogP contribution in [-0.4, -0.2) is 18.5 Å². The van der Waals surface area contributed by atoms with E-state index in [1.165, 1.54) is 19.3 Å². The standard InChI is InChI=1S/C15H20BrClN2O/c16-11-6-7-13(17)12(8-11)15(20)19-14(9-18)10-4-2-1-3-5-10/h6-8,10,14H,1-5,9,18H2,(H,19,20). The van der Waals surface area contributed by atoms with Gasteiger partial charge in [-0.3, -0.25) is 4.79 Å². The molecule has 0 bridgehead atoms. The van der Waals surface area contributed by atoms with Crippen molar-refractivity contribution in [3.8, 4) is 0 Å². The molecule has 0 saturated heterocycles. The molecule has 2 rings (SSSR count). The number of halogens is 2. The van der Waals surface area contributed by atoms with Gasteiger partial charge in [0, 0.05) is 17.1 Å². The summed E-state index contributed by atoms with van der Waals surface area (Å²) in [7, 11) is 0. The van der Waals surface area contributed by atoms with Crippen LogP contribution < -0.4 is 11.1 Å². The van der Waals surface area contributed by atoms with Crippen molar-refractivity contribution >= 4 is 33.4 Å². The molecule has 1 amide bonds. The van der Waals surface area contributed by atoms with Gasteiger partial charge in [0.2, 0.25) is 0 Å². The maximum absolute atomic E-state index is 12.4. The SMILES string of the molecule is NCC(NC(=O)c1cc(Br)ccc1Cl)C1CCCCC1. The van der Waals surface area contributed by atoms with Crippen molar-refractivity contribution in [1.29, 1.82) is 0 Å². The van der Waals surface area contributed by atoms with Crippen LogP contribution in [0, 0.1) is 5.92 Å². The summed E-state index contributed by atoms with van der Waals surface area (Å²) in [4.78, 5) is 12.4. The van der Waals surface area contributed by atoms with Crippen LogP contribution in [0.1, 0.15) is 42.5 Å². The third-order valence-electron chi connectivity index (χ3n) is 3.96. The Balaban J connectivity index is 2.06. The molecule has 1 aromatic rings. The highest BCUT2D eigenvalue weighted by molar-refractivity contribution is 9.10. The van der Waals surface area contributed by atoms with Crippen LogP contribution in [0.3, 0.4) is 0 Å². The monoisotopic (exact) mass is 358 g/mol. The number of carbonyl (C=O) groups is 1. The molecule has 1 aliphatic rings. The van der Waals surface area contributed by atoms with E-state index in [2.05, 4.69) is 21.2 Å². The van der Waals surface area contributed by atoms with Gasteiger partial charge in [-0.2, -0.15) is 0 Å². The highest BCUT2D eigenvalue weighted by Gasteiger charge is 2.25. The number of hydrogen-bond acceptors (Lipinski definition) is 2. The Bertz CT molecular complexity index is 475. The van der Waals surface area contributed by atoms with Gasteiger partial charge in [-0.15, -0.1) is 0 Å². The number of benzene rings is 1. The zero-order valence-electron chi connectivity index (χ0n) is 11.4. The maximum atomic E-state index is 12.4. The molecule has 3 nitrogen and oxygen atoms in total. The number of nitrogens with one attached hydrogen (secondary N) is 1. The minimum Gasteiger partial charge on any atom is -0.348 e. The van der Waals surface area contributed by atoms with Gasteiger partial charge in [0.15, 0.2) is 0 Å². The van der Waals surface area contributed by atoms with Crippen LogP contribution in [0.4, 0.5) is 0 Å². The van der Waals surface area contributed by atoms with Gasteiger partial charge in [-0.1, -0.05) is 46.8 Å². The van der Waals surface area contributed by atoms with Crippen LogP contribution in [0.2, 0.25) is 5.02 Å². The van der Waals surface area contributed by atoms with Crippen molar-refractivity contribution in [2.24, 2.45) is 11.7 Å². The summed E-state index contributed by atoms with van der Waals surface area (Å²) in [5, 5.41) is 3.51. The van der Waals surface area contributed by atoms with E-state index in [1.807, 2.05) is 6.07 Å². The van der Waals surface area contributed by atoms with Crippen molar-refractivity contribution in [2.45, 2.75) is 38.1 Å². The Kier molecular flexibility index (Phi) is 5.87. The van der Waals surface area contributed by atoms with E-state index in [0.717, 1.165) is 17.3 Å². The van der Waals surface area contributed by atoms with E-state index in [4.69, 9.17) is 17.3 Å². The van der Waals surface area contributed by atoms with Gasteiger partial charge in [-0.05, 0) is 37.0 Å². The summed E-state index contributed by atoms with van der Waals surface area (Å²) in [5.74, 6) is 0.348. The van der Waals surface area contributed by atoms with Gasteiger partial charge >= 0.3 is 0 Å². The molecule has 1 saturated carbocycles. The Morgan fingerprint density at radius 1 is 1.40 bits per heavy atom. The summed E-state index contributed by atoms with van der Waals surface area (Å²) >= 11 is 9.45. The van der Waals surface area contributed by atoms with Crippen molar-refractivity contribution in [1.82, 2.24) is 5.32 Å². The topological polar surface area (TPSA) is 55.1 Å². The quantitative estimate of drug-likeness (QED) is 0.860. The largest absolute Gasteiger partial charge is 0.348 e. The van der Waals surface area contributed by atoms with E-state index < -0.39 is 0 Å². The fourth-order valence-electron chi connectivity index (χ4n) is 2.82. The lowest BCUT2D eigenvalue weighted by molar-refractivity contribution is 0.0915. The lowest BCUT2D eigenvalue weighted by atomic mass is 9.84. The average Bonchev–Trinajstić information content (AvgIpc) is 2.48. The van der Waals surface area contributed by atoms with E-state index >= 15 is 0 Å². The first-order valence-electron chi connectivity index (χ1n) is 7.08. The zero-order chi connectivity index (χ0) is 14.5. The van der Waals surface area contributed by atoms with E-state index in [-0.39, 0.29) is 11.9 Å². The molecule has 1 aromatic carbocycles. The minimum absolute atomic E-state index is 0.0397. The van der Waals surface area contributed by atoms with Crippen LogP contribution in [0.15, 0.2) is 22.7 Å². The molecule has 1 unspecified atom stereocenters. The molecule has 0 heterocycles. The summed E-state index contributed by atoms with van der Waals surface area (Å²) in [5.41, 5.74) is 6.34. The number of carbonyl (C=O) groups excluding carboxylic acids is 1. The number of rotatable bonds is 4. The van der Waals surface area contributed by atoms with E-state index in [1.54, 1.807) is 12.1 Å². The molecule has 0 spiro atoms. The molecule has 0 aliphatic heterocycles. The smallest absolute Gasteiger partial charge is 0.253 e. The minimum atomic E-state index is -0.141. The zero-order valence-corrected chi connectivity index (χ0v) is 13.7. The van der Waals surface area contributed by atoms with Crippen molar-refractivity contribution in [2.75, 3.05) is 6.54 Å². The molecule has 1 fully saturated rings. The van der Waals surface area contributed by atoms with Gasteiger partial charge in [-0.25, -0.2) is 0 Å². The van der Waals surface area contributed by atoms with Gasteiger partial charge in [0.25, 0.3) is 5.91 Å². The fourth-order valence-corrected chi connectivity index (χ4v) is 3.39. The van der Waals surface area contributed by atoms with Crippen molar-refractivity contribution in [3.05, 3.63) is 33.3 Å². The van der Waals surface area contributed by atoms with Crippen LogP contribution in [0.5, 0.6) is 0 Å². The summed E-state index contributed by atoms with van der Waals surface area (Å²) < 4.78 is 0.842. The molecule has 1 aliphatic carbocycles. The Morgan fingerprint density at radius 3 is 2.75 bits per heavy atom. The highest BCUT2D eigenvalue weighted by atomic mass is 79.9. The Hall–Kier alpha value is -0.580. The third-order valence-corrected chi connectivity index (χ3v) is 4.79. The first-order chi connectivity index (χ1) is 9.61. The van der Waals surface area contributed by atoms with Crippen LogP contribution >= 0.6 is 27.5 Å². The third kappa shape index (κ3) is 3.96. The van der Waals surface area contributed by atoms with Gasteiger partial charge in [0.05, 0.1) is 10.6 Å². The first kappa shape index (κ1) is 15.8. The molecule has 0 radical (unpaired) electrons. The van der Waals surface area contributed by atoms with Crippen LogP contribution in [-0.2, 0) is 0 Å². The summed E-state index contributed by atoms with van der Waals surface area (Å²) in [6.45, 7) is 0.474. The van der Waals surface area contributed by atoms with Gasteiger partial charge in [0.1, 0.15) is 0 Å². The molecular formula is C15H20BrClN2O. The van der Waals surface area contributed by atoms with Gasteiger partial charge < -0.3 is 11.1 Å². The molecule has 20 heavy (non-hydrogen) atoms. The summed E-state index contributed by atoms with van der Waals surface area (Å²) in [6.07, 6.45) is 6.05. The molecule has 0 aromatic heterocycles. The lowest BCUT2D eigenvalue weighted by Crippen LogP contribution is -2.46. The fraction of sp³-hybridized carbons (Fsp3) is 0.533. The molecule has 3 N–H and O–H groups in total. The van der Waals surface area contributed by atoms with E-state index in [0.29, 0.717) is 23.0 Å². The highest BCUT2D eigenvalue weighted by Crippen LogP contribution is 2.27. The first-order valence-corrected chi connectivity index (χ1v) is 8.25. The maximum Gasteiger partial charge on any atom is 0.253 e. The van der Waals surface area contributed by atoms with Crippen molar-refractivity contribution < 1.29 is 4.79 Å². The average molecular weight is 360 g/mol. The number of hydrogen-bond donors (Lipinski definition) is 2. The Morgan fingerprint density at radius 2 is 2.10 bits per heavy atom. The predicted molar refractivity (Wildman–Crippen MR) is 86.0 cm³/mol. The second kappa shape index (κ2) is 7.43. The summed E-state index contributed by atoms with van der Waals surface area (Å²) in [6, 6.07) is 5.32. The molecule has 5 heteroatoms. The number of amides is 1. The second-order valence-corrected chi connectivity index (χ2v) is 6.66. The lowest BCUT2D eigenvalue weighted by Gasteiger charge is -2.30. The molecule has 1 atom stereocenters. The van der Waals surface area contributed by atoms with Crippen molar-refractivity contribution in [3.63, 3.8) is 0 Å². The predicted octanol–water partition coefficient (Wildman–Crippen LogP) is 3.74.